The molecule has 1 radical (unpaired) electrons. The molecule has 0 aliphatic carbocycles. The van der Waals surface area contributed by atoms with Gasteiger partial charge in [-0.25, -0.2) is 0 Å². The number of morpholine rings is 1. The lowest BCUT2D eigenvalue weighted by atomic mass is 10.3. The monoisotopic (exact) mass is 167 g/mol. The molecule has 1 fully saturated rings. The summed E-state index contributed by atoms with van der Waals surface area (Å²) in [5.74, 6) is 0. The molecule has 0 unspecified atom stereocenters. The minimum absolute atomic E-state index is 0.852. The van der Waals surface area contributed by atoms with E-state index in [0.29, 0.717) is 0 Å². The number of rotatable bonds is 2. The molecule has 4 heteroatoms. The molecule has 2 aliphatic rings. The van der Waals surface area contributed by atoms with Crippen LogP contribution in [0.1, 0.15) is 0 Å². The van der Waals surface area contributed by atoms with Crippen molar-refractivity contribution in [1.29, 1.82) is 0 Å². The van der Waals surface area contributed by atoms with Crippen LogP contribution in [0.4, 0.5) is 0 Å². The first-order valence-corrected chi connectivity index (χ1v) is 4.24. The Labute approximate surface area is 71.9 Å². The molecule has 1 N–H and O–H groups in total. The molecule has 0 aromatic rings. The Bertz CT molecular complexity index is 206. The van der Waals surface area contributed by atoms with Crippen molar-refractivity contribution in [2.24, 2.45) is 0 Å². The summed E-state index contributed by atoms with van der Waals surface area (Å²) >= 11 is 0. The van der Waals surface area contributed by atoms with Crippen LogP contribution >= 0.6 is 0 Å². The molecule has 0 atom stereocenters. The fraction of sp³-hybridized carbons (Fsp3) is 0.625. The van der Waals surface area contributed by atoms with E-state index in [4.69, 9.17) is 4.74 Å². The zero-order chi connectivity index (χ0) is 8.23. The maximum Gasteiger partial charge on any atom is 0.302 e. The molecule has 2 rings (SSSR count). The molecule has 12 heavy (non-hydrogen) atoms. The third kappa shape index (κ3) is 1.84. The number of nitrogens with zero attached hydrogens (tertiary/aromatic N) is 2. The van der Waals surface area contributed by atoms with E-state index in [9.17, 15) is 0 Å². The van der Waals surface area contributed by atoms with E-state index < -0.39 is 0 Å². The van der Waals surface area contributed by atoms with E-state index in [-0.39, 0.29) is 0 Å². The van der Waals surface area contributed by atoms with Crippen LogP contribution in [-0.2, 0) is 4.74 Å². The van der Waals surface area contributed by atoms with Gasteiger partial charge in [-0.3, -0.25) is 4.90 Å². The van der Waals surface area contributed by atoms with E-state index in [1.165, 1.54) is 0 Å². The van der Waals surface area contributed by atoms with Crippen molar-refractivity contribution in [2.75, 3.05) is 32.8 Å². The van der Waals surface area contributed by atoms with Crippen LogP contribution in [0.3, 0.4) is 0 Å². The van der Waals surface area contributed by atoms with Crippen molar-refractivity contribution in [1.82, 2.24) is 15.4 Å². The standard InChI is InChI=1S/C8H13N3O/c1-2-9-10-8(1)7-11-3-5-12-6-4-11/h1-2,9H,3-7H2/q+1. The van der Waals surface area contributed by atoms with Gasteiger partial charge in [0.25, 0.3) is 0 Å². The van der Waals surface area contributed by atoms with Gasteiger partial charge in [-0.15, -0.1) is 5.43 Å². The van der Waals surface area contributed by atoms with Gasteiger partial charge in [-0.2, -0.15) is 0 Å². The zero-order valence-electron chi connectivity index (χ0n) is 6.99. The van der Waals surface area contributed by atoms with Crippen LogP contribution in [0.15, 0.2) is 12.3 Å². The first-order chi connectivity index (χ1) is 5.95. The lowest BCUT2D eigenvalue weighted by Crippen LogP contribution is -2.39. The van der Waals surface area contributed by atoms with Crippen LogP contribution in [-0.4, -0.2) is 43.5 Å². The second-order valence-electron chi connectivity index (χ2n) is 2.95. The molecule has 65 valence electrons. The second kappa shape index (κ2) is 3.69. The zero-order valence-corrected chi connectivity index (χ0v) is 6.99. The predicted molar refractivity (Wildman–Crippen MR) is 46.7 cm³/mol. The van der Waals surface area contributed by atoms with Gasteiger partial charge < -0.3 is 4.74 Å². The highest BCUT2D eigenvalue weighted by Crippen LogP contribution is 1.97. The Kier molecular flexibility index (Phi) is 2.39. The van der Waals surface area contributed by atoms with Gasteiger partial charge in [0.15, 0.2) is 5.10 Å². The molecular formula is C8H13N3O+. The second-order valence-corrected chi connectivity index (χ2v) is 2.95. The maximum absolute atomic E-state index is 5.25. The average molecular weight is 167 g/mol. The summed E-state index contributed by atoms with van der Waals surface area (Å²) in [7, 11) is 0. The summed E-state index contributed by atoms with van der Waals surface area (Å²) in [4.78, 5) is 2.35. The van der Waals surface area contributed by atoms with E-state index in [2.05, 4.69) is 15.4 Å². The highest BCUT2D eigenvalue weighted by atomic mass is 16.5. The molecule has 0 aromatic carbocycles. The van der Waals surface area contributed by atoms with Crippen molar-refractivity contribution < 1.29 is 4.74 Å². The quantitative estimate of drug-likeness (QED) is 0.581. The van der Waals surface area contributed by atoms with Crippen LogP contribution in [0.2, 0.25) is 0 Å². The third-order valence-electron chi connectivity index (χ3n) is 2.05. The van der Waals surface area contributed by atoms with Crippen molar-refractivity contribution in [2.45, 2.75) is 0 Å². The molecule has 4 nitrogen and oxygen atoms in total. The van der Waals surface area contributed by atoms with Crippen molar-refractivity contribution in [3.05, 3.63) is 12.3 Å². The molecule has 0 bridgehead atoms. The van der Waals surface area contributed by atoms with E-state index >= 15 is 0 Å². The van der Waals surface area contributed by atoms with Gasteiger partial charge in [0.2, 0.25) is 0 Å². The Morgan fingerprint density at radius 2 is 2.33 bits per heavy atom. The smallest absolute Gasteiger partial charge is 0.302 e. The molecule has 1 saturated heterocycles. The lowest BCUT2D eigenvalue weighted by Gasteiger charge is -2.24. The lowest BCUT2D eigenvalue weighted by molar-refractivity contribution is 0.0453. The number of hydrogen-bond acceptors (Lipinski definition) is 4. The number of hydrazone groups is 1. The van der Waals surface area contributed by atoms with Gasteiger partial charge in [0.1, 0.15) is 0 Å². The third-order valence-corrected chi connectivity index (χ3v) is 2.05. The molecule has 2 heterocycles. The summed E-state index contributed by atoms with van der Waals surface area (Å²) < 4.78 is 5.25. The molecule has 2 aliphatic heterocycles. The molecule has 0 amide bonds. The van der Waals surface area contributed by atoms with E-state index in [1.807, 2.05) is 12.3 Å². The van der Waals surface area contributed by atoms with Gasteiger partial charge in [0.05, 0.1) is 26.0 Å². The Morgan fingerprint density at radius 3 is 3.00 bits per heavy atom. The predicted octanol–water partition coefficient (Wildman–Crippen LogP) is -0.873. The highest BCUT2D eigenvalue weighted by molar-refractivity contribution is 5.96. The first-order valence-electron chi connectivity index (χ1n) is 4.24. The van der Waals surface area contributed by atoms with Crippen LogP contribution in [0.25, 0.3) is 0 Å². The topological polar surface area (TPSA) is 38.6 Å². The number of hydrogen-bond donors (Lipinski definition) is 1. The SMILES string of the molecule is C1=CC(CN2CCOCC2)=[N+]N1. The fourth-order valence-corrected chi connectivity index (χ4v) is 1.37. The van der Waals surface area contributed by atoms with Crippen molar-refractivity contribution >= 4 is 5.71 Å². The Balaban J connectivity index is 1.81. The maximum atomic E-state index is 5.25. The van der Waals surface area contributed by atoms with Gasteiger partial charge >= 0.3 is 5.71 Å². The minimum Gasteiger partial charge on any atom is -0.379 e. The minimum atomic E-state index is 0.852. The fourth-order valence-electron chi connectivity index (χ4n) is 1.37. The van der Waals surface area contributed by atoms with E-state index in [1.54, 1.807) is 0 Å². The Hall–Kier alpha value is -0.870. The van der Waals surface area contributed by atoms with Crippen LogP contribution < -0.4 is 10.5 Å². The molecule has 0 aromatic heterocycles. The summed E-state index contributed by atoms with van der Waals surface area (Å²) in [6.07, 6.45) is 3.87. The van der Waals surface area contributed by atoms with Gasteiger partial charge in [-0.1, -0.05) is 0 Å². The summed E-state index contributed by atoms with van der Waals surface area (Å²) in [6.45, 7) is 4.68. The Morgan fingerprint density at radius 1 is 1.50 bits per heavy atom. The summed E-state index contributed by atoms with van der Waals surface area (Å²) in [5.41, 5.74) is 3.92. The normalized spacial score (nSPS) is 23.8. The average Bonchev–Trinajstić information content (AvgIpc) is 2.59. The van der Waals surface area contributed by atoms with Crippen LogP contribution in [0.5, 0.6) is 0 Å². The van der Waals surface area contributed by atoms with Crippen LogP contribution in [0, 0.1) is 0 Å². The molecule has 0 spiro atoms. The molecule has 0 saturated carbocycles. The van der Waals surface area contributed by atoms with Crippen molar-refractivity contribution in [3.8, 4) is 0 Å². The number of ether oxygens (including phenoxy) is 1. The van der Waals surface area contributed by atoms with E-state index in [0.717, 1.165) is 38.6 Å². The van der Waals surface area contributed by atoms with Crippen molar-refractivity contribution in [3.63, 3.8) is 0 Å². The summed E-state index contributed by atoms with van der Waals surface area (Å²) in [6, 6.07) is 0. The molecular weight excluding hydrogens is 154 g/mol. The first kappa shape index (κ1) is 7.76. The number of nitrogens with one attached hydrogen (secondary N) is 1. The van der Waals surface area contributed by atoms with Gasteiger partial charge in [-0.05, 0) is 0 Å². The highest BCUT2D eigenvalue weighted by Gasteiger charge is 2.19. The summed E-state index contributed by atoms with van der Waals surface area (Å²) in [5, 5.41) is 4.10. The largest absolute Gasteiger partial charge is 0.379 e. The van der Waals surface area contributed by atoms with Gasteiger partial charge in [0, 0.05) is 19.2 Å².